The molecule has 1 rings (SSSR count). The maximum Gasteiger partial charge on any atom is 0.332 e. The Labute approximate surface area is 89.2 Å². The first-order chi connectivity index (χ1) is 7.02. The summed E-state index contributed by atoms with van der Waals surface area (Å²) in [5.41, 5.74) is 5.18. The van der Waals surface area contributed by atoms with Crippen LogP contribution in [0, 0.1) is 11.8 Å². The number of carboxylic acids is 1. The van der Waals surface area contributed by atoms with Gasteiger partial charge in [-0.1, -0.05) is 26.2 Å². The van der Waals surface area contributed by atoms with Crippen molar-refractivity contribution in [2.75, 3.05) is 0 Å². The fourth-order valence-corrected chi connectivity index (χ4v) is 2.26. The zero-order valence-electron chi connectivity index (χ0n) is 8.90. The second-order valence-electron chi connectivity index (χ2n) is 4.18. The van der Waals surface area contributed by atoms with Crippen LogP contribution >= 0.6 is 0 Å². The maximum atomic E-state index is 11.0. The third-order valence-electron chi connectivity index (χ3n) is 3.06. The SMILES string of the molecule is CC1CCCCC1C(=CC(N)=O)C(=O)O. The molecule has 0 radical (unpaired) electrons. The third-order valence-corrected chi connectivity index (χ3v) is 3.06. The van der Waals surface area contributed by atoms with Crippen LogP contribution in [0.5, 0.6) is 0 Å². The Morgan fingerprint density at radius 3 is 2.40 bits per heavy atom. The van der Waals surface area contributed by atoms with Gasteiger partial charge in [-0.2, -0.15) is 0 Å². The van der Waals surface area contributed by atoms with E-state index in [4.69, 9.17) is 10.8 Å². The highest BCUT2D eigenvalue weighted by Crippen LogP contribution is 2.34. The van der Waals surface area contributed by atoms with Crippen molar-refractivity contribution in [3.63, 3.8) is 0 Å². The molecule has 0 spiro atoms. The number of carbonyl (C=O) groups excluding carboxylic acids is 1. The second-order valence-corrected chi connectivity index (χ2v) is 4.18. The van der Waals surface area contributed by atoms with E-state index in [-0.39, 0.29) is 11.5 Å². The molecule has 84 valence electrons. The average Bonchev–Trinajstić information content (AvgIpc) is 2.15. The lowest BCUT2D eigenvalue weighted by Crippen LogP contribution is -2.24. The Kier molecular flexibility index (Phi) is 3.88. The molecule has 0 aliphatic heterocycles. The van der Waals surface area contributed by atoms with Gasteiger partial charge in [0.15, 0.2) is 0 Å². The topological polar surface area (TPSA) is 80.4 Å². The van der Waals surface area contributed by atoms with Crippen molar-refractivity contribution >= 4 is 11.9 Å². The molecule has 0 aromatic rings. The van der Waals surface area contributed by atoms with Crippen LogP contribution in [0.3, 0.4) is 0 Å². The summed E-state index contributed by atoms with van der Waals surface area (Å²) in [6, 6.07) is 0. The number of hydrogen-bond donors (Lipinski definition) is 2. The number of nitrogens with two attached hydrogens (primary N) is 1. The van der Waals surface area contributed by atoms with Crippen LogP contribution in [-0.4, -0.2) is 17.0 Å². The molecule has 1 fully saturated rings. The highest BCUT2D eigenvalue weighted by Gasteiger charge is 2.28. The number of aliphatic carboxylic acids is 1. The lowest BCUT2D eigenvalue weighted by atomic mass is 9.76. The molecule has 1 saturated carbocycles. The van der Waals surface area contributed by atoms with Gasteiger partial charge in [0, 0.05) is 11.6 Å². The van der Waals surface area contributed by atoms with Crippen LogP contribution in [-0.2, 0) is 9.59 Å². The van der Waals surface area contributed by atoms with Gasteiger partial charge in [-0.05, 0) is 18.3 Å². The predicted octanol–water partition coefficient (Wildman–Crippen LogP) is 1.31. The van der Waals surface area contributed by atoms with Gasteiger partial charge in [0.2, 0.25) is 5.91 Å². The monoisotopic (exact) mass is 211 g/mol. The molecule has 4 heteroatoms. The molecule has 0 aromatic carbocycles. The normalized spacial score (nSPS) is 27.4. The van der Waals surface area contributed by atoms with Crippen molar-refractivity contribution in [1.82, 2.24) is 0 Å². The number of primary amides is 1. The average molecular weight is 211 g/mol. The van der Waals surface area contributed by atoms with E-state index in [0.717, 1.165) is 31.8 Å². The van der Waals surface area contributed by atoms with E-state index in [1.165, 1.54) is 0 Å². The minimum absolute atomic E-state index is 0.0243. The first-order valence-corrected chi connectivity index (χ1v) is 5.26. The van der Waals surface area contributed by atoms with Gasteiger partial charge in [-0.15, -0.1) is 0 Å². The van der Waals surface area contributed by atoms with Crippen molar-refractivity contribution in [3.05, 3.63) is 11.6 Å². The quantitative estimate of drug-likeness (QED) is 0.690. The fraction of sp³-hybridized carbons (Fsp3) is 0.636. The van der Waals surface area contributed by atoms with Crippen LogP contribution in [0.25, 0.3) is 0 Å². The molecular weight excluding hydrogens is 194 g/mol. The summed E-state index contributed by atoms with van der Waals surface area (Å²) in [6.45, 7) is 2.03. The van der Waals surface area contributed by atoms with Crippen LogP contribution in [0.2, 0.25) is 0 Å². The Bertz CT molecular complexity index is 296. The fourth-order valence-electron chi connectivity index (χ4n) is 2.26. The van der Waals surface area contributed by atoms with E-state index in [0.29, 0.717) is 5.92 Å². The molecule has 0 heterocycles. The number of hydrogen-bond acceptors (Lipinski definition) is 2. The molecule has 2 atom stereocenters. The molecule has 1 aliphatic carbocycles. The van der Waals surface area contributed by atoms with E-state index >= 15 is 0 Å². The summed E-state index contributed by atoms with van der Waals surface area (Å²) in [4.78, 5) is 21.7. The lowest BCUT2D eigenvalue weighted by molar-refractivity contribution is -0.134. The maximum absolute atomic E-state index is 11.0. The minimum atomic E-state index is -1.02. The van der Waals surface area contributed by atoms with E-state index < -0.39 is 11.9 Å². The molecule has 0 saturated heterocycles. The van der Waals surface area contributed by atoms with E-state index in [1.54, 1.807) is 0 Å². The first kappa shape index (κ1) is 11.8. The summed E-state index contributed by atoms with van der Waals surface area (Å²) < 4.78 is 0. The number of carboxylic acid groups (broad SMARTS) is 1. The minimum Gasteiger partial charge on any atom is -0.478 e. The van der Waals surface area contributed by atoms with Gasteiger partial charge in [0.1, 0.15) is 0 Å². The first-order valence-electron chi connectivity index (χ1n) is 5.26. The molecule has 1 amide bonds. The summed E-state index contributed by atoms with van der Waals surface area (Å²) >= 11 is 0. The third kappa shape index (κ3) is 3.08. The Hall–Kier alpha value is -1.32. The molecule has 4 nitrogen and oxygen atoms in total. The van der Waals surface area contributed by atoms with Crippen molar-refractivity contribution in [3.8, 4) is 0 Å². The summed E-state index contributed by atoms with van der Waals surface area (Å²) in [5, 5.41) is 9.02. The lowest BCUT2D eigenvalue weighted by Gasteiger charge is -2.28. The molecule has 0 bridgehead atoms. The molecular formula is C11H17NO3. The summed E-state index contributed by atoms with van der Waals surface area (Å²) in [6.07, 6.45) is 5.09. The number of carbonyl (C=O) groups is 2. The van der Waals surface area contributed by atoms with Crippen LogP contribution in [0.15, 0.2) is 11.6 Å². The van der Waals surface area contributed by atoms with E-state index in [2.05, 4.69) is 0 Å². The second kappa shape index (κ2) is 4.96. The highest BCUT2D eigenvalue weighted by atomic mass is 16.4. The highest BCUT2D eigenvalue weighted by molar-refractivity contribution is 5.97. The summed E-state index contributed by atoms with van der Waals surface area (Å²) in [5.74, 6) is -1.40. The Morgan fingerprint density at radius 1 is 1.33 bits per heavy atom. The smallest absolute Gasteiger partial charge is 0.332 e. The van der Waals surface area contributed by atoms with Gasteiger partial charge in [0.05, 0.1) is 0 Å². The van der Waals surface area contributed by atoms with Crippen molar-refractivity contribution < 1.29 is 14.7 Å². The Balaban J connectivity index is 2.88. The standard InChI is InChI=1S/C11H17NO3/c1-7-4-2-3-5-8(7)9(11(14)15)6-10(12)13/h6-8H,2-5H2,1H3,(H2,12,13)(H,14,15). The molecule has 2 unspecified atom stereocenters. The molecule has 3 N–H and O–H groups in total. The zero-order valence-corrected chi connectivity index (χ0v) is 8.90. The van der Waals surface area contributed by atoms with Crippen molar-refractivity contribution in [1.29, 1.82) is 0 Å². The van der Waals surface area contributed by atoms with Crippen LogP contribution in [0.1, 0.15) is 32.6 Å². The molecule has 15 heavy (non-hydrogen) atoms. The van der Waals surface area contributed by atoms with E-state index in [1.807, 2.05) is 6.92 Å². The van der Waals surface area contributed by atoms with Crippen molar-refractivity contribution in [2.24, 2.45) is 17.6 Å². The van der Waals surface area contributed by atoms with Gasteiger partial charge in [0.25, 0.3) is 0 Å². The number of amides is 1. The van der Waals surface area contributed by atoms with Gasteiger partial charge in [-0.25, -0.2) is 4.79 Å². The zero-order chi connectivity index (χ0) is 11.4. The van der Waals surface area contributed by atoms with Gasteiger partial charge >= 0.3 is 5.97 Å². The predicted molar refractivity (Wildman–Crippen MR) is 56.0 cm³/mol. The van der Waals surface area contributed by atoms with Crippen molar-refractivity contribution in [2.45, 2.75) is 32.6 Å². The Morgan fingerprint density at radius 2 is 1.93 bits per heavy atom. The van der Waals surface area contributed by atoms with E-state index in [9.17, 15) is 9.59 Å². The van der Waals surface area contributed by atoms with Gasteiger partial charge in [-0.3, -0.25) is 4.79 Å². The molecule has 0 aromatic heterocycles. The van der Waals surface area contributed by atoms with Crippen LogP contribution < -0.4 is 5.73 Å². The number of rotatable bonds is 3. The van der Waals surface area contributed by atoms with Gasteiger partial charge < -0.3 is 10.8 Å². The molecule has 1 aliphatic rings. The van der Waals surface area contributed by atoms with Crippen LogP contribution in [0.4, 0.5) is 0 Å². The summed E-state index contributed by atoms with van der Waals surface area (Å²) in [7, 11) is 0. The largest absolute Gasteiger partial charge is 0.478 e.